The number of halogens is 1. The SMILES string of the molecule is Cc1ccc(Cc2nc(N3CCCN(C(=O)[C@@H](Cl)c4ccccc4)CC3)c3cnn(-c4ccccc4)c3n2)cc1. The standard InChI is InChI=1S/C32H31ClN6O/c1-23-13-15-24(16-14-23)21-28-35-30(27-22-34-39(31(27)36-28)26-11-6-3-7-12-26)37-17-8-18-38(20-19-37)32(40)29(33)25-9-4-2-5-10-25/h2-7,9-16,22,29H,8,17-21H2,1H3/t29-/m0/s1. The van der Waals surface area contributed by atoms with Gasteiger partial charge in [-0.1, -0.05) is 78.4 Å². The van der Waals surface area contributed by atoms with Gasteiger partial charge in [0.1, 0.15) is 17.0 Å². The van der Waals surface area contributed by atoms with Gasteiger partial charge in [0.2, 0.25) is 5.91 Å². The van der Waals surface area contributed by atoms with Gasteiger partial charge in [-0.2, -0.15) is 5.10 Å². The van der Waals surface area contributed by atoms with Crippen molar-refractivity contribution >= 4 is 34.4 Å². The molecule has 5 aromatic rings. The highest BCUT2D eigenvalue weighted by atomic mass is 35.5. The van der Waals surface area contributed by atoms with Crippen LogP contribution in [0.2, 0.25) is 0 Å². The smallest absolute Gasteiger partial charge is 0.245 e. The topological polar surface area (TPSA) is 67.2 Å². The van der Waals surface area contributed by atoms with Crippen LogP contribution in [0.3, 0.4) is 0 Å². The van der Waals surface area contributed by atoms with Crippen LogP contribution in [0.5, 0.6) is 0 Å². The van der Waals surface area contributed by atoms with E-state index >= 15 is 0 Å². The Balaban J connectivity index is 1.32. The largest absolute Gasteiger partial charge is 0.354 e. The van der Waals surface area contributed by atoms with E-state index in [0.717, 1.165) is 52.5 Å². The minimum Gasteiger partial charge on any atom is -0.354 e. The van der Waals surface area contributed by atoms with Crippen molar-refractivity contribution in [2.75, 3.05) is 31.1 Å². The van der Waals surface area contributed by atoms with E-state index in [1.165, 1.54) is 5.56 Å². The van der Waals surface area contributed by atoms with Crippen LogP contribution in [0, 0.1) is 6.92 Å². The zero-order chi connectivity index (χ0) is 27.5. The highest BCUT2D eigenvalue weighted by molar-refractivity contribution is 6.30. The van der Waals surface area contributed by atoms with Crippen LogP contribution in [-0.4, -0.2) is 56.7 Å². The van der Waals surface area contributed by atoms with Gasteiger partial charge >= 0.3 is 0 Å². The molecule has 0 spiro atoms. The molecule has 0 bridgehead atoms. The van der Waals surface area contributed by atoms with E-state index in [9.17, 15) is 4.79 Å². The predicted molar refractivity (Wildman–Crippen MR) is 159 cm³/mol. The zero-order valence-corrected chi connectivity index (χ0v) is 23.2. The van der Waals surface area contributed by atoms with E-state index in [2.05, 4.69) is 36.1 Å². The van der Waals surface area contributed by atoms with Crippen molar-refractivity contribution in [2.45, 2.75) is 25.1 Å². The molecule has 1 fully saturated rings. The number of anilines is 1. The predicted octanol–water partition coefficient (Wildman–Crippen LogP) is 5.73. The first kappa shape index (κ1) is 26.0. The molecule has 1 atom stereocenters. The summed E-state index contributed by atoms with van der Waals surface area (Å²) >= 11 is 6.61. The van der Waals surface area contributed by atoms with E-state index in [4.69, 9.17) is 26.7 Å². The van der Waals surface area contributed by atoms with Gasteiger partial charge in [-0.3, -0.25) is 4.79 Å². The van der Waals surface area contributed by atoms with Crippen molar-refractivity contribution in [2.24, 2.45) is 0 Å². The van der Waals surface area contributed by atoms with Crippen LogP contribution < -0.4 is 4.90 Å². The summed E-state index contributed by atoms with van der Waals surface area (Å²) in [6.45, 7) is 4.73. The van der Waals surface area contributed by atoms with Gasteiger partial charge in [0.25, 0.3) is 0 Å². The van der Waals surface area contributed by atoms with Gasteiger partial charge < -0.3 is 9.80 Å². The van der Waals surface area contributed by atoms with Gasteiger partial charge in [-0.25, -0.2) is 14.6 Å². The van der Waals surface area contributed by atoms with Gasteiger partial charge in [0.15, 0.2) is 5.65 Å². The summed E-state index contributed by atoms with van der Waals surface area (Å²) in [6.07, 6.45) is 3.29. The third-order valence-electron chi connectivity index (χ3n) is 7.35. The monoisotopic (exact) mass is 550 g/mol. The number of carbonyl (C=O) groups is 1. The molecule has 1 saturated heterocycles. The number of alkyl halides is 1. The van der Waals surface area contributed by atoms with E-state index in [1.807, 2.05) is 76.4 Å². The first-order valence-electron chi connectivity index (χ1n) is 13.7. The molecule has 40 heavy (non-hydrogen) atoms. The molecule has 1 amide bonds. The Labute approximate surface area is 239 Å². The van der Waals surface area contributed by atoms with Crippen molar-refractivity contribution in [1.29, 1.82) is 0 Å². The summed E-state index contributed by atoms with van der Waals surface area (Å²) in [5.41, 5.74) is 4.92. The minimum atomic E-state index is -0.691. The number of carbonyl (C=O) groups excluding carboxylic acids is 1. The van der Waals surface area contributed by atoms with Crippen LogP contribution in [0.15, 0.2) is 91.1 Å². The lowest BCUT2D eigenvalue weighted by molar-refractivity contribution is -0.130. The fourth-order valence-corrected chi connectivity index (χ4v) is 5.46. The molecule has 0 saturated carbocycles. The van der Waals surface area contributed by atoms with Gasteiger partial charge in [0, 0.05) is 32.6 Å². The Bertz CT molecular complexity index is 1600. The molecule has 6 rings (SSSR count). The van der Waals surface area contributed by atoms with Crippen LogP contribution in [0.4, 0.5) is 5.82 Å². The quantitative estimate of drug-likeness (QED) is 0.252. The van der Waals surface area contributed by atoms with Crippen molar-refractivity contribution in [3.8, 4) is 5.69 Å². The van der Waals surface area contributed by atoms with Crippen molar-refractivity contribution < 1.29 is 4.79 Å². The van der Waals surface area contributed by atoms with Crippen molar-refractivity contribution in [1.82, 2.24) is 24.6 Å². The normalized spacial score (nSPS) is 14.8. The number of benzene rings is 3. The van der Waals surface area contributed by atoms with Crippen LogP contribution in [0.1, 0.15) is 34.3 Å². The average molecular weight is 551 g/mol. The average Bonchev–Trinajstić information content (AvgIpc) is 3.27. The lowest BCUT2D eigenvalue weighted by atomic mass is 10.1. The molecule has 1 aliphatic heterocycles. The number of hydrogen-bond donors (Lipinski definition) is 0. The van der Waals surface area contributed by atoms with Gasteiger partial charge in [-0.05, 0) is 36.6 Å². The first-order chi connectivity index (χ1) is 19.6. The summed E-state index contributed by atoms with van der Waals surface area (Å²) in [5.74, 6) is 1.54. The molecule has 1 aliphatic rings. The molecule has 0 N–H and O–H groups in total. The molecule has 3 heterocycles. The number of para-hydroxylation sites is 1. The van der Waals surface area contributed by atoms with E-state index in [0.29, 0.717) is 26.1 Å². The van der Waals surface area contributed by atoms with Crippen LogP contribution in [0.25, 0.3) is 16.7 Å². The van der Waals surface area contributed by atoms with E-state index in [-0.39, 0.29) is 5.91 Å². The lowest BCUT2D eigenvalue weighted by Gasteiger charge is -2.25. The Kier molecular flexibility index (Phi) is 7.47. The summed E-state index contributed by atoms with van der Waals surface area (Å²) in [5, 5.41) is 4.92. The third kappa shape index (κ3) is 5.42. The number of hydrogen-bond acceptors (Lipinski definition) is 5. The number of amides is 1. The molecule has 8 heteroatoms. The van der Waals surface area contributed by atoms with Crippen molar-refractivity contribution in [3.05, 3.63) is 114 Å². The Morgan fingerprint density at radius 3 is 2.35 bits per heavy atom. The molecule has 0 radical (unpaired) electrons. The number of aromatic nitrogens is 4. The summed E-state index contributed by atoms with van der Waals surface area (Å²) in [6, 6.07) is 28.1. The van der Waals surface area contributed by atoms with Gasteiger partial charge in [-0.15, -0.1) is 11.6 Å². The Hall–Kier alpha value is -4.23. The van der Waals surface area contributed by atoms with Gasteiger partial charge in [0.05, 0.1) is 17.3 Å². The highest BCUT2D eigenvalue weighted by Gasteiger charge is 2.27. The fraction of sp³-hybridized carbons (Fsp3) is 0.250. The lowest BCUT2D eigenvalue weighted by Crippen LogP contribution is -2.37. The summed E-state index contributed by atoms with van der Waals surface area (Å²) in [4.78, 5) is 27.5. The van der Waals surface area contributed by atoms with Crippen molar-refractivity contribution in [3.63, 3.8) is 0 Å². The second kappa shape index (κ2) is 11.5. The Morgan fingerprint density at radius 1 is 0.875 bits per heavy atom. The maximum absolute atomic E-state index is 13.3. The molecule has 7 nitrogen and oxygen atoms in total. The zero-order valence-electron chi connectivity index (χ0n) is 22.4. The molecule has 0 unspecified atom stereocenters. The highest BCUT2D eigenvalue weighted by Crippen LogP contribution is 2.29. The number of nitrogens with zero attached hydrogens (tertiary/aromatic N) is 6. The fourth-order valence-electron chi connectivity index (χ4n) is 5.18. The second-order valence-electron chi connectivity index (χ2n) is 10.2. The summed E-state index contributed by atoms with van der Waals surface area (Å²) in [7, 11) is 0. The van der Waals surface area contributed by atoms with E-state index in [1.54, 1.807) is 0 Å². The molecule has 202 valence electrons. The molecule has 3 aromatic carbocycles. The third-order valence-corrected chi connectivity index (χ3v) is 7.79. The van der Waals surface area contributed by atoms with Crippen LogP contribution in [-0.2, 0) is 11.2 Å². The maximum atomic E-state index is 13.3. The van der Waals surface area contributed by atoms with Crippen LogP contribution >= 0.6 is 11.6 Å². The number of fused-ring (bicyclic) bond motifs is 1. The van der Waals surface area contributed by atoms with E-state index < -0.39 is 5.38 Å². The maximum Gasteiger partial charge on any atom is 0.245 e. The summed E-state index contributed by atoms with van der Waals surface area (Å²) < 4.78 is 1.88. The molecular weight excluding hydrogens is 520 g/mol. The first-order valence-corrected chi connectivity index (χ1v) is 14.1. The number of aryl methyl sites for hydroxylation is 1. The molecule has 0 aliphatic carbocycles. The molecule has 2 aromatic heterocycles. The number of rotatable bonds is 6. The second-order valence-corrected chi connectivity index (χ2v) is 10.6. The minimum absolute atomic E-state index is 0.0560. The molecular formula is C32H31ClN6O. The Morgan fingerprint density at radius 2 is 1.60 bits per heavy atom.